The van der Waals surface area contributed by atoms with Crippen LogP contribution in [-0.4, -0.2) is 36.1 Å². The molecule has 1 saturated heterocycles. The second-order valence-electron chi connectivity index (χ2n) is 6.75. The normalized spacial score (nSPS) is 21.4. The van der Waals surface area contributed by atoms with Crippen LogP contribution in [0.4, 0.5) is 5.69 Å². The third kappa shape index (κ3) is 3.68. The fraction of sp³-hybridized carbons (Fsp3) is 0.350. The van der Waals surface area contributed by atoms with Crippen molar-refractivity contribution in [3.63, 3.8) is 0 Å². The first kappa shape index (κ1) is 17.9. The zero-order valence-corrected chi connectivity index (χ0v) is 15.5. The van der Waals surface area contributed by atoms with Crippen molar-refractivity contribution >= 4 is 29.1 Å². The van der Waals surface area contributed by atoms with Gasteiger partial charge in [-0.3, -0.25) is 19.5 Å². The minimum absolute atomic E-state index is 0.0805. The van der Waals surface area contributed by atoms with Gasteiger partial charge >= 0.3 is 0 Å². The Labute approximate surface area is 162 Å². The van der Waals surface area contributed by atoms with E-state index in [9.17, 15) is 9.59 Å². The first-order valence-electron chi connectivity index (χ1n) is 9.06. The first-order chi connectivity index (χ1) is 13.1. The number of halogens is 1. The Morgan fingerprint density at radius 3 is 2.85 bits per heavy atom. The van der Waals surface area contributed by atoms with Gasteiger partial charge in [-0.15, -0.1) is 0 Å². The molecule has 27 heavy (non-hydrogen) atoms. The molecule has 140 valence electrons. The highest BCUT2D eigenvalue weighted by Gasteiger charge is 2.39. The Morgan fingerprint density at radius 1 is 1.30 bits per heavy atom. The summed E-state index contributed by atoms with van der Waals surface area (Å²) in [7, 11) is 0. The Morgan fingerprint density at radius 2 is 2.11 bits per heavy atom. The zero-order chi connectivity index (χ0) is 18.8. The lowest BCUT2D eigenvalue weighted by atomic mass is 10.1. The topological polar surface area (TPSA) is 71.5 Å². The summed E-state index contributed by atoms with van der Waals surface area (Å²) in [5.41, 5.74) is 1.86. The van der Waals surface area contributed by atoms with E-state index in [1.165, 1.54) is 0 Å². The number of hydrogen-bond acceptors (Lipinski definition) is 4. The molecule has 2 amide bonds. The summed E-state index contributed by atoms with van der Waals surface area (Å²) in [6, 6.07) is 10.1. The van der Waals surface area contributed by atoms with Crippen molar-refractivity contribution in [2.45, 2.75) is 31.4 Å². The standard InChI is InChI=1S/C20H20ClN3O3/c21-13-5-7-14(8-6-13)24-17(19-16(20(24)26)4-1-9-22-19)11-18(25)23-12-15-3-2-10-27-15/h1,4-9,15,17H,2-3,10-12H2,(H,23,25)/t15-,17+/m0/s1. The van der Waals surface area contributed by atoms with Crippen molar-refractivity contribution < 1.29 is 14.3 Å². The molecule has 0 bridgehead atoms. The molecule has 0 aliphatic carbocycles. The van der Waals surface area contributed by atoms with Crippen LogP contribution in [0.5, 0.6) is 0 Å². The summed E-state index contributed by atoms with van der Waals surface area (Å²) in [4.78, 5) is 31.5. The van der Waals surface area contributed by atoms with Gasteiger partial charge in [-0.2, -0.15) is 0 Å². The molecule has 3 heterocycles. The van der Waals surface area contributed by atoms with E-state index in [1.54, 1.807) is 47.5 Å². The molecule has 0 saturated carbocycles. The molecule has 0 unspecified atom stereocenters. The van der Waals surface area contributed by atoms with E-state index in [0.29, 0.717) is 28.5 Å². The van der Waals surface area contributed by atoms with Gasteiger partial charge < -0.3 is 10.1 Å². The van der Waals surface area contributed by atoms with Gasteiger partial charge in [0.25, 0.3) is 5.91 Å². The third-order valence-corrected chi connectivity index (χ3v) is 5.20. The highest BCUT2D eigenvalue weighted by Crippen LogP contribution is 2.38. The largest absolute Gasteiger partial charge is 0.376 e. The highest BCUT2D eigenvalue weighted by atomic mass is 35.5. The molecule has 6 nitrogen and oxygen atoms in total. The second kappa shape index (κ2) is 7.66. The van der Waals surface area contributed by atoms with E-state index in [-0.39, 0.29) is 24.3 Å². The summed E-state index contributed by atoms with van der Waals surface area (Å²) >= 11 is 5.98. The van der Waals surface area contributed by atoms with Crippen LogP contribution in [0.25, 0.3) is 0 Å². The molecule has 1 aromatic heterocycles. The van der Waals surface area contributed by atoms with Crippen molar-refractivity contribution in [2.24, 2.45) is 0 Å². The first-order valence-corrected chi connectivity index (χ1v) is 9.43. The van der Waals surface area contributed by atoms with Crippen LogP contribution in [0, 0.1) is 0 Å². The minimum Gasteiger partial charge on any atom is -0.376 e. The maximum absolute atomic E-state index is 12.9. The number of anilines is 1. The number of rotatable bonds is 5. The fourth-order valence-corrected chi connectivity index (χ4v) is 3.75. The number of nitrogens with one attached hydrogen (secondary N) is 1. The van der Waals surface area contributed by atoms with Gasteiger partial charge in [-0.05, 0) is 49.2 Å². The molecule has 2 aliphatic rings. The number of fused-ring (bicyclic) bond motifs is 1. The highest BCUT2D eigenvalue weighted by molar-refractivity contribution is 6.30. The SMILES string of the molecule is O=C(C[C@@H]1c2ncccc2C(=O)N1c1ccc(Cl)cc1)NC[C@@H]1CCCO1. The van der Waals surface area contributed by atoms with E-state index in [1.807, 2.05) is 0 Å². The van der Waals surface area contributed by atoms with Crippen molar-refractivity contribution in [3.05, 3.63) is 58.9 Å². The van der Waals surface area contributed by atoms with E-state index in [4.69, 9.17) is 16.3 Å². The third-order valence-electron chi connectivity index (χ3n) is 4.95. The number of carbonyl (C=O) groups is 2. The number of pyridine rings is 1. The molecular weight excluding hydrogens is 366 g/mol. The van der Waals surface area contributed by atoms with Gasteiger partial charge in [-0.1, -0.05) is 11.6 Å². The van der Waals surface area contributed by atoms with Crippen LogP contribution in [0.15, 0.2) is 42.6 Å². The average Bonchev–Trinajstić information content (AvgIpc) is 3.29. The van der Waals surface area contributed by atoms with Gasteiger partial charge in [0.05, 0.1) is 29.8 Å². The lowest BCUT2D eigenvalue weighted by Gasteiger charge is -2.25. The number of nitrogens with zero attached hydrogens (tertiary/aromatic N) is 2. The number of carbonyl (C=O) groups excluding carboxylic acids is 2. The lowest BCUT2D eigenvalue weighted by Crippen LogP contribution is -2.36. The number of hydrogen-bond donors (Lipinski definition) is 1. The van der Waals surface area contributed by atoms with Crippen LogP contribution in [0.2, 0.25) is 5.02 Å². The molecule has 7 heteroatoms. The zero-order valence-electron chi connectivity index (χ0n) is 14.7. The maximum atomic E-state index is 12.9. The van der Waals surface area contributed by atoms with Crippen LogP contribution < -0.4 is 10.2 Å². The van der Waals surface area contributed by atoms with E-state index >= 15 is 0 Å². The minimum atomic E-state index is -0.445. The molecule has 1 fully saturated rings. The van der Waals surface area contributed by atoms with E-state index < -0.39 is 6.04 Å². The number of aromatic nitrogens is 1. The molecule has 1 aromatic carbocycles. The van der Waals surface area contributed by atoms with E-state index in [2.05, 4.69) is 10.3 Å². The van der Waals surface area contributed by atoms with Crippen LogP contribution in [-0.2, 0) is 9.53 Å². The molecule has 0 spiro atoms. The maximum Gasteiger partial charge on any atom is 0.260 e. The summed E-state index contributed by atoms with van der Waals surface area (Å²) in [6.45, 7) is 1.24. The van der Waals surface area contributed by atoms with Crippen LogP contribution >= 0.6 is 11.6 Å². The van der Waals surface area contributed by atoms with Crippen LogP contribution in [0.1, 0.15) is 41.4 Å². The van der Waals surface area contributed by atoms with E-state index in [0.717, 1.165) is 19.4 Å². The molecule has 0 radical (unpaired) electrons. The van der Waals surface area contributed by atoms with Gasteiger partial charge in [0, 0.05) is 30.1 Å². The number of benzene rings is 1. The van der Waals surface area contributed by atoms with Crippen molar-refractivity contribution in [3.8, 4) is 0 Å². The van der Waals surface area contributed by atoms with Crippen molar-refractivity contribution in [1.29, 1.82) is 0 Å². The molecule has 2 aromatic rings. The lowest BCUT2D eigenvalue weighted by molar-refractivity contribution is -0.121. The molecule has 4 rings (SSSR count). The second-order valence-corrected chi connectivity index (χ2v) is 7.18. The average molecular weight is 386 g/mol. The quantitative estimate of drug-likeness (QED) is 0.858. The summed E-state index contributed by atoms with van der Waals surface area (Å²) < 4.78 is 5.54. The Balaban J connectivity index is 1.55. The molecule has 1 N–H and O–H groups in total. The molecular formula is C20H20ClN3O3. The number of ether oxygens (including phenoxy) is 1. The van der Waals surface area contributed by atoms with Crippen LogP contribution in [0.3, 0.4) is 0 Å². The monoisotopic (exact) mass is 385 g/mol. The Bertz CT molecular complexity index is 850. The smallest absolute Gasteiger partial charge is 0.260 e. The molecule has 2 atom stereocenters. The Kier molecular flexibility index (Phi) is 5.09. The summed E-state index contributed by atoms with van der Waals surface area (Å²) in [6.07, 6.45) is 3.86. The van der Waals surface area contributed by atoms with Crippen molar-refractivity contribution in [2.75, 3.05) is 18.1 Å². The van der Waals surface area contributed by atoms with Gasteiger partial charge in [0.2, 0.25) is 5.91 Å². The van der Waals surface area contributed by atoms with Crippen molar-refractivity contribution in [1.82, 2.24) is 10.3 Å². The predicted molar refractivity (Wildman–Crippen MR) is 102 cm³/mol. The number of amides is 2. The molecule has 2 aliphatic heterocycles. The fourth-order valence-electron chi connectivity index (χ4n) is 3.63. The Hall–Kier alpha value is -2.44. The summed E-state index contributed by atoms with van der Waals surface area (Å²) in [5.74, 6) is -0.280. The predicted octanol–water partition coefficient (Wildman–Crippen LogP) is 3.12. The van der Waals surface area contributed by atoms with Gasteiger partial charge in [-0.25, -0.2) is 0 Å². The van der Waals surface area contributed by atoms with Gasteiger partial charge in [0.1, 0.15) is 0 Å². The van der Waals surface area contributed by atoms with Gasteiger partial charge in [0.15, 0.2) is 0 Å². The summed E-state index contributed by atoms with van der Waals surface area (Å²) in [5, 5.41) is 3.52.